The second kappa shape index (κ2) is 8.81. The van der Waals surface area contributed by atoms with E-state index in [1.54, 1.807) is 47.8 Å². The first-order valence-electron chi connectivity index (χ1n) is 7.80. The standard InChI is InChI=1S/C15H22Cl2N6O2S/c1-18-15(20-9-11-8-13(16)14(17)23(11)3)19-5-6-21-26(24,25)12-4-7-22(2)10-12/h4,7-8,10,21H,5-6,9H2,1-3H3,(H2,18,19,20). The van der Waals surface area contributed by atoms with Crippen molar-refractivity contribution in [2.75, 3.05) is 20.1 Å². The highest BCUT2D eigenvalue weighted by molar-refractivity contribution is 7.89. The Hall–Kier alpha value is -1.68. The Balaban J connectivity index is 1.79. The van der Waals surface area contributed by atoms with E-state index in [0.29, 0.717) is 29.2 Å². The molecule has 2 rings (SSSR count). The molecule has 0 aliphatic carbocycles. The highest BCUT2D eigenvalue weighted by Crippen LogP contribution is 2.24. The minimum absolute atomic E-state index is 0.222. The van der Waals surface area contributed by atoms with Gasteiger partial charge in [0.25, 0.3) is 0 Å². The van der Waals surface area contributed by atoms with Gasteiger partial charge in [0.1, 0.15) is 5.15 Å². The number of aromatic nitrogens is 2. The Morgan fingerprint density at radius 3 is 2.50 bits per heavy atom. The molecule has 0 saturated heterocycles. The fraction of sp³-hybridized carbons (Fsp3) is 0.400. The Morgan fingerprint density at radius 2 is 1.96 bits per heavy atom. The quantitative estimate of drug-likeness (QED) is 0.357. The van der Waals surface area contributed by atoms with Crippen LogP contribution >= 0.6 is 23.2 Å². The van der Waals surface area contributed by atoms with E-state index in [1.165, 1.54) is 0 Å². The van der Waals surface area contributed by atoms with Gasteiger partial charge in [-0.1, -0.05) is 23.2 Å². The molecular formula is C15H22Cl2N6O2S. The summed E-state index contributed by atoms with van der Waals surface area (Å²) in [5.41, 5.74) is 0.896. The SMILES string of the molecule is CN=C(NCCNS(=O)(=O)c1ccn(C)c1)NCc1cc(Cl)c(Cl)n1C. The number of hydrogen-bond donors (Lipinski definition) is 3. The molecule has 0 amide bonds. The fourth-order valence-corrected chi connectivity index (χ4v) is 3.74. The molecule has 0 atom stereocenters. The van der Waals surface area contributed by atoms with Crippen molar-refractivity contribution in [1.29, 1.82) is 0 Å². The molecule has 2 heterocycles. The van der Waals surface area contributed by atoms with Crippen LogP contribution in [0.1, 0.15) is 5.69 Å². The largest absolute Gasteiger partial charge is 0.356 e. The molecule has 0 spiro atoms. The first kappa shape index (κ1) is 20.6. The number of aliphatic imine (C=N–C) groups is 1. The van der Waals surface area contributed by atoms with Crippen LogP contribution in [0.4, 0.5) is 0 Å². The number of rotatable bonds is 7. The maximum absolute atomic E-state index is 12.1. The molecule has 11 heteroatoms. The number of guanidine groups is 1. The Kier molecular flexibility index (Phi) is 6.99. The van der Waals surface area contributed by atoms with Gasteiger partial charge in [-0.25, -0.2) is 13.1 Å². The molecule has 0 radical (unpaired) electrons. The Morgan fingerprint density at radius 1 is 1.23 bits per heavy atom. The maximum atomic E-state index is 12.1. The molecule has 0 aliphatic heterocycles. The smallest absolute Gasteiger partial charge is 0.242 e. The van der Waals surface area contributed by atoms with Crippen LogP contribution in [0.3, 0.4) is 0 Å². The van der Waals surface area contributed by atoms with Gasteiger partial charge in [-0.05, 0) is 12.1 Å². The van der Waals surface area contributed by atoms with Gasteiger partial charge in [0, 0.05) is 52.3 Å². The van der Waals surface area contributed by atoms with Crippen LogP contribution in [0.5, 0.6) is 0 Å². The van der Waals surface area contributed by atoms with E-state index in [4.69, 9.17) is 23.2 Å². The van der Waals surface area contributed by atoms with Crippen molar-refractivity contribution in [1.82, 2.24) is 24.5 Å². The summed E-state index contributed by atoms with van der Waals surface area (Å²) < 4.78 is 30.2. The lowest BCUT2D eigenvalue weighted by Gasteiger charge is -2.13. The molecule has 0 unspecified atom stereocenters. The molecule has 3 N–H and O–H groups in total. The van der Waals surface area contributed by atoms with Gasteiger partial charge in [-0.15, -0.1) is 0 Å². The molecule has 2 aromatic rings. The lowest BCUT2D eigenvalue weighted by molar-refractivity contribution is 0.580. The summed E-state index contributed by atoms with van der Waals surface area (Å²) in [7, 11) is 1.71. The summed E-state index contributed by atoms with van der Waals surface area (Å²) in [6, 6.07) is 3.32. The van der Waals surface area contributed by atoms with Gasteiger partial charge in [0.15, 0.2) is 5.96 Å². The number of hydrogen-bond acceptors (Lipinski definition) is 3. The number of aryl methyl sites for hydroxylation is 1. The highest BCUT2D eigenvalue weighted by Gasteiger charge is 2.14. The van der Waals surface area contributed by atoms with Gasteiger partial charge >= 0.3 is 0 Å². The van der Waals surface area contributed by atoms with E-state index in [0.717, 1.165) is 5.69 Å². The number of halogens is 2. The average molecular weight is 421 g/mol. The van der Waals surface area contributed by atoms with Gasteiger partial charge < -0.3 is 19.8 Å². The molecule has 26 heavy (non-hydrogen) atoms. The van der Waals surface area contributed by atoms with Crippen molar-refractivity contribution < 1.29 is 8.42 Å². The summed E-state index contributed by atoms with van der Waals surface area (Å²) in [5, 5.41) is 7.13. The zero-order valence-corrected chi connectivity index (χ0v) is 17.1. The second-order valence-corrected chi connectivity index (χ2v) is 8.13. The third-order valence-electron chi connectivity index (χ3n) is 3.70. The zero-order chi connectivity index (χ0) is 19.3. The molecule has 0 aliphatic rings. The molecular weight excluding hydrogens is 399 g/mol. The van der Waals surface area contributed by atoms with Crippen LogP contribution in [0, 0.1) is 0 Å². The summed E-state index contributed by atoms with van der Waals surface area (Å²) in [4.78, 5) is 4.33. The van der Waals surface area contributed by atoms with E-state index in [1.807, 2.05) is 7.05 Å². The average Bonchev–Trinajstić information content (AvgIpc) is 3.14. The predicted octanol–water partition coefficient (Wildman–Crippen LogP) is 1.31. The topological polar surface area (TPSA) is 92.5 Å². The van der Waals surface area contributed by atoms with Crippen molar-refractivity contribution >= 4 is 39.2 Å². The van der Waals surface area contributed by atoms with Gasteiger partial charge in [0.05, 0.1) is 16.5 Å². The first-order chi connectivity index (χ1) is 12.2. The second-order valence-electron chi connectivity index (χ2n) is 5.60. The Bertz CT molecular complexity index is 888. The summed E-state index contributed by atoms with van der Waals surface area (Å²) in [6.45, 7) is 1.07. The van der Waals surface area contributed by atoms with Crippen molar-refractivity contribution in [3.63, 3.8) is 0 Å². The minimum Gasteiger partial charge on any atom is -0.356 e. The summed E-state index contributed by atoms with van der Waals surface area (Å²) in [5.74, 6) is 0.539. The van der Waals surface area contributed by atoms with Crippen LogP contribution in [0.15, 0.2) is 34.4 Å². The number of sulfonamides is 1. The number of nitrogens with zero attached hydrogens (tertiary/aromatic N) is 3. The Labute approximate surface area is 163 Å². The zero-order valence-electron chi connectivity index (χ0n) is 14.8. The van der Waals surface area contributed by atoms with Crippen molar-refractivity contribution in [3.05, 3.63) is 40.4 Å². The van der Waals surface area contributed by atoms with Gasteiger partial charge in [-0.2, -0.15) is 0 Å². The number of nitrogens with one attached hydrogen (secondary N) is 3. The fourth-order valence-electron chi connectivity index (χ4n) is 2.24. The van der Waals surface area contributed by atoms with Crippen LogP contribution in [-0.2, 0) is 30.7 Å². The minimum atomic E-state index is -3.51. The van der Waals surface area contributed by atoms with Crippen LogP contribution in [-0.4, -0.2) is 43.6 Å². The summed E-state index contributed by atoms with van der Waals surface area (Å²) in [6.07, 6.45) is 3.23. The third kappa shape index (κ3) is 5.16. The molecule has 144 valence electrons. The van der Waals surface area contributed by atoms with E-state index in [-0.39, 0.29) is 11.4 Å². The van der Waals surface area contributed by atoms with Crippen LogP contribution in [0.2, 0.25) is 10.2 Å². The molecule has 8 nitrogen and oxygen atoms in total. The lowest BCUT2D eigenvalue weighted by Crippen LogP contribution is -2.41. The molecule has 2 aromatic heterocycles. The van der Waals surface area contributed by atoms with Gasteiger partial charge in [0.2, 0.25) is 10.0 Å². The maximum Gasteiger partial charge on any atom is 0.242 e. The van der Waals surface area contributed by atoms with Crippen molar-refractivity contribution in [3.8, 4) is 0 Å². The molecule has 0 saturated carbocycles. The predicted molar refractivity (Wildman–Crippen MR) is 104 cm³/mol. The van der Waals surface area contributed by atoms with E-state index in [9.17, 15) is 8.42 Å². The first-order valence-corrected chi connectivity index (χ1v) is 10.0. The van der Waals surface area contributed by atoms with E-state index in [2.05, 4.69) is 20.3 Å². The molecule has 0 bridgehead atoms. The highest BCUT2D eigenvalue weighted by atomic mass is 35.5. The van der Waals surface area contributed by atoms with E-state index < -0.39 is 10.0 Å². The van der Waals surface area contributed by atoms with E-state index >= 15 is 0 Å². The normalized spacial score (nSPS) is 12.4. The van der Waals surface area contributed by atoms with Crippen LogP contribution in [0.25, 0.3) is 0 Å². The molecule has 0 fully saturated rings. The monoisotopic (exact) mass is 420 g/mol. The van der Waals surface area contributed by atoms with Crippen molar-refractivity contribution in [2.45, 2.75) is 11.4 Å². The van der Waals surface area contributed by atoms with Crippen molar-refractivity contribution in [2.24, 2.45) is 19.1 Å². The summed E-state index contributed by atoms with van der Waals surface area (Å²) >= 11 is 12.0. The lowest BCUT2D eigenvalue weighted by atomic mass is 10.4. The van der Waals surface area contributed by atoms with Crippen LogP contribution < -0.4 is 15.4 Å². The third-order valence-corrected chi connectivity index (χ3v) is 5.99. The molecule has 0 aromatic carbocycles. The van der Waals surface area contributed by atoms with Gasteiger partial charge in [-0.3, -0.25) is 4.99 Å².